The van der Waals surface area contributed by atoms with Crippen molar-refractivity contribution in [2.45, 2.75) is 31.3 Å². The van der Waals surface area contributed by atoms with Gasteiger partial charge in [0, 0.05) is 16.2 Å². The molecule has 2 amide bonds. The smallest absolute Gasteiger partial charge is 0.322 e. The van der Waals surface area contributed by atoms with Crippen LogP contribution in [0.25, 0.3) is 17.0 Å². The number of aromatic nitrogens is 2. The molecule has 0 radical (unpaired) electrons. The summed E-state index contributed by atoms with van der Waals surface area (Å²) in [5.41, 5.74) is 5.64. The van der Waals surface area contributed by atoms with Crippen molar-refractivity contribution >= 4 is 23.4 Å². The van der Waals surface area contributed by atoms with Crippen LogP contribution in [0.4, 0.5) is 4.79 Å². The first kappa shape index (κ1) is 22.9. The van der Waals surface area contributed by atoms with Crippen LogP contribution in [0.15, 0.2) is 94.0 Å². The zero-order chi connectivity index (χ0) is 24.4. The molecule has 1 N–H and O–H groups in total. The van der Waals surface area contributed by atoms with Crippen molar-refractivity contribution in [3.05, 3.63) is 107 Å². The standard InChI is InChI=1S/C28H26N4O2S/c1-18-9-11-20(12-10-18)17-32-19(2)24(25(29-28(32)33)21-7-5-4-6-8-21)27-30-26(31-34-27)22-13-15-23(35-3)16-14-22/h4-16,25H,17H2,1-3H3,(H,29,33). The van der Waals surface area contributed by atoms with Crippen LogP contribution in [0.5, 0.6) is 0 Å². The van der Waals surface area contributed by atoms with Gasteiger partial charge >= 0.3 is 6.03 Å². The third kappa shape index (κ3) is 4.72. The number of carbonyl (C=O) groups excluding carboxylic acids is 1. The van der Waals surface area contributed by atoms with Gasteiger partial charge in [0.25, 0.3) is 5.89 Å². The van der Waals surface area contributed by atoms with Gasteiger partial charge in [-0.25, -0.2) is 4.79 Å². The van der Waals surface area contributed by atoms with Gasteiger partial charge in [0.05, 0.1) is 18.2 Å². The quantitative estimate of drug-likeness (QED) is 0.319. The Morgan fingerprint density at radius 2 is 1.69 bits per heavy atom. The molecule has 1 aromatic heterocycles. The number of nitrogens with one attached hydrogen (secondary N) is 1. The van der Waals surface area contributed by atoms with Gasteiger partial charge in [0.15, 0.2) is 0 Å². The number of thioether (sulfide) groups is 1. The van der Waals surface area contributed by atoms with E-state index in [0.29, 0.717) is 18.3 Å². The Hall–Kier alpha value is -3.84. The van der Waals surface area contributed by atoms with Gasteiger partial charge in [-0.1, -0.05) is 65.3 Å². The molecule has 4 aromatic rings. The molecule has 176 valence electrons. The fraction of sp³-hybridized carbons (Fsp3) is 0.179. The summed E-state index contributed by atoms with van der Waals surface area (Å²) in [7, 11) is 0. The van der Waals surface area contributed by atoms with E-state index in [1.807, 2.05) is 86.8 Å². The Morgan fingerprint density at radius 3 is 2.37 bits per heavy atom. The number of aryl methyl sites for hydroxylation is 1. The molecule has 1 unspecified atom stereocenters. The van der Waals surface area contributed by atoms with E-state index in [4.69, 9.17) is 9.51 Å². The number of amides is 2. The van der Waals surface area contributed by atoms with Gasteiger partial charge in [0.1, 0.15) is 0 Å². The molecule has 0 fully saturated rings. The van der Waals surface area contributed by atoms with Crippen LogP contribution >= 0.6 is 11.8 Å². The molecule has 0 bridgehead atoms. The number of rotatable bonds is 6. The van der Waals surface area contributed by atoms with Crippen molar-refractivity contribution in [3.63, 3.8) is 0 Å². The van der Waals surface area contributed by atoms with Crippen molar-refractivity contribution in [3.8, 4) is 11.4 Å². The maximum atomic E-state index is 13.2. The lowest BCUT2D eigenvalue weighted by Gasteiger charge is -2.35. The van der Waals surface area contributed by atoms with E-state index in [9.17, 15) is 4.79 Å². The maximum absolute atomic E-state index is 13.2. The molecule has 0 aliphatic carbocycles. The lowest BCUT2D eigenvalue weighted by atomic mass is 9.94. The zero-order valence-corrected chi connectivity index (χ0v) is 20.7. The fourth-order valence-corrected chi connectivity index (χ4v) is 4.62. The number of nitrogens with zero attached hydrogens (tertiary/aromatic N) is 3. The van der Waals surface area contributed by atoms with Gasteiger partial charge in [-0.15, -0.1) is 11.8 Å². The van der Waals surface area contributed by atoms with Crippen molar-refractivity contribution in [1.82, 2.24) is 20.4 Å². The molecule has 1 aliphatic rings. The first-order valence-corrected chi connectivity index (χ1v) is 12.6. The van der Waals surface area contributed by atoms with E-state index in [2.05, 4.69) is 22.6 Å². The van der Waals surface area contributed by atoms with Crippen molar-refractivity contribution < 1.29 is 9.32 Å². The number of hydrogen-bond donors (Lipinski definition) is 1. The molecule has 1 atom stereocenters. The first-order chi connectivity index (χ1) is 17.0. The Bertz CT molecular complexity index is 1360. The topological polar surface area (TPSA) is 71.3 Å². The SMILES string of the molecule is CSc1ccc(-c2noc(C3=C(C)N(Cc4ccc(C)cc4)C(=O)NC3c3ccccc3)n2)cc1. The molecule has 0 saturated heterocycles. The van der Waals surface area contributed by atoms with E-state index < -0.39 is 6.04 Å². The third-order valence-electron chi connectivity index (χ3n) is 6.20. The number of allylic oxidation sites excluding steroid dienone is 1. The summed E-state index contributed by atoms with van der Waals surface area (Å²) in [5, 5.41) is 7.42. The molecular formula is C28H26N4O2S. The highest BCUT2D eigenvalue weighted by Crippen LogP contribution is 2.38. The van der Waals surface area contributed by atoms with Gasteiger partial charge in [-0.3, -0.25) is 4.90 Å². The second-order valence-electron chi connectivity index (χ2n) is 8.52. The summed E-state index contributed by atoms with van der Waals surface area (Å²) in [5.74, 6) is 0.913. The highest BCUT2D eigenvalue weighted by atomic mass is 32.2. The van der Waals surface area contributed by atoms with Crippen LogP contribution in [0.1, 0.15) is 35.5 Å². The van der Waals surface area contributed by atoms with Crippen LogP contribution in [0.3, 0.4) is 0 Å². The molecule has 0 saturated carbocycles. The highest BCUT2D eigenvalue weighted by molar-refractivity contribution is 7.98. The predicted molar refractivity (Wildman–Crippen MR) is 139 cm³/mol. The van der Waals surface area contributed by atoms with Crippen molar-refractivity contribution in [2.24, 2.45) is 0 Å². The van der Waals surface area contributed by atoms with E-state index in [1.165, 1.54) is 10.5 Å². The molecule has 2 heterocycles. The second kappa shape index (κ2) is 9.80. The number of urea groups is 1. The fourth-order valence-electron chi connectivity index (χ4n) is 4.21. The summed E-state index contributed by atoms with van der Waals surface area (Å²) in [6.45, 7) is 4.43. The van der Waals surface area contributed by atoms with Crippen LogP contribution in [-0.2, 0) is 6.54 Å². The maximum Gasteiger partial charge on any atom is 0.322 e. The summed E-state index contributed by atoms with van der Waals surface area (Å²) in [6.07, 6.45) is 2.04. The first-order valence-electron chi connectivity index (χ1n) is 11.4. The van der Waals surface area contributed by atoms with Crippen LogP contribution in [0.2, 0.25) is 0 Å². The summed E-state index contributed by atoms with van der Waals surface area (Å²) < 4.78 is 5.78. The van der Waals surface area contributed by atoms with Crippen molar-refractivity contribution in [2.75, 3.05) is 6.26 Å². The molecule has 6 nitrogen and oxygen atoms in total. The molecule has 0 spiro atoms. The summed E-state index contributed by atoms with van der Waals surface area (Å²) in [6, 6.07) is 25.5. The molecular weight excluding hydrogens is 456 g/mol. The number of benzene rings is 3. The Balaban J connectivity index is 1.56. The van der Waals surface area contributed by atoms with Gasteiger partial charge < -0.3 is 9.84 Å². The molecule has 3 aromatic carbocycles. The zero-order valence-electron chi connectivity index (χ0n) is 19.9. The molecule has 1 aliphatic heterocycles. The van der Waals surface area contributed by atoms with Crippen molar-refractivity contribution in [1.29, 1.82) is 0 Å². The minimum absolute atomic E-state index is 0.159. The number of carbonyl (C=O) groups is 1. The molecule has 5 rings (SSSR count). The summed E-state index contributed by atoms with van der Waals surface area (Å²) >= 11 is 1.68. The van der Waals surface area contributed by atoms with Crippen LogP contribution in [-0.4, -0.2) is 27.3 Å². The number of hydrogen-bond acceptors (Lipinski definition) is 5. The minimum atomic E-state index is -0.398. The van der Waals surface area contributed by atoms with Gasteiger partial charge in [-0.05, 0) is 55.5 Å². The highest BCUT2D eigenvalue weighted by Gasteiger charge is 2.35. The molecule has 7 heteroatoms. The minimum Gasteiger partial charge on any atom is -0.334 e. The van der Waals surface area contributed by atoms with E-state index >= 15 is 0 Å². The summed E-state index contributed by atoms with van der Waals surface area (Å²) in [4.78, 5) is 20.9. The lowest BCUT2D eigenvalue weighted by Crippen LogP contribution is -2.45. The predicted octanol–water partition coefficient (Wildman–Crippen LogP) is 6.46. The van der Waals surface area contributed by atoms with Gasteiger partial charge in [0.2, 0.25) is 5.82 Å². The van der Waals surface area contributed by atoms with Crippen LogP contribution < -0.4 is 5.32 Å². The average molecular weight is 483 g/mol. The molecule has 35 heavy (non-hydrogen) atoms. The lowest BCUT2D eigenvalue weighted by molar-refractivity contribution is 0.203. The van der Waals surface area contributed by atoms with E-state index in [-0.39, 0.29) is 6.03 Å². The van der Waals surface area contributed by atoms with E-state index in [0.717, 1.165) is 28.0 Å². The van der Waals surface area contributed by atoms with Crippen LogP contribution in [0, 0.1) is 6.92 Å². The Morgan fingerprint density at radius 1 is 0.971 bits per heavy atom. The Labute approximate surface area is 209 Å². The van der Waals surface area contributed by atoms with Gasteiger partial charge in [-0.2, -0.15) is 4.98 Å². The normalized spacial score (nSPS) is 15.9. The third-order valence-corrected chi connectivity index (χ3v) is 6.94. The van der Waals surface area contributed by atoms with E-state index in [1.54, 1.807) is 16.7 Å². The largest absolute Gasteiger partial charge is 0.334 e. The second-order valence-corrected chi connectivity index (χ2v) is 9.40. The average Bonchev–Trinajstić information content (AvgIpc) is 3.37. The monoisotopic (exact) mass is 482 g/mol. The Kier molecular flexibility index (Phi) is 6.42.